The molecule has 0 atom stereocenters. The zero-order chi connectivity index (χ0) is 20.0. The molecule has 0 aromatic heterocycles. The predicted molar refractivity (Wildman–Crippen MR) is 105 cm³/mol. The first-order valence-corrected chi connectivity index (χ1v) is 9.52. The second kappa shape index (κ2) is 9.20. The Morgan fingerprint density at radius 1 is 0.808 bits per heavy atom. The van der Waals surface area contributed by atoms with Crippen molar-refractivity contribution in [2.45, 2.75) is 91.8 Å². The highest BCUT2D eigenvalue weighted by Crippen LogP contribution is 2.21. The van der Waals surface area contributed by atoms with E-state index in [1.54, 1.807) is 32.9 Å². The molecule has 0 bridgehead atoms. The van der Waals surface area contributed by atoms with E-state index >= 15 is 0 Å². The highest BCUT2D eigenvalue weighted by atomic mass is 16.6. The van der Waals surface area contributed by atoms with Gasteiger partial charge in [-0.2, -0.15) is 0 Å². The van der Waals surface area contributed by atoms with Gasteiger partial charge in [0.2, 0.25) is 0 Å². The average Bonchev–Trinajstić information content (AvgIpc) is 2.48. The van der Waals surface area contributed by atoms with Crippen molar-refractivity contribution in [1.29, 1.82) is 0 Å². The molecular formula is C22H34O4. The van der Waals surface area contributed by atoms with Gasteiger partial charge in [-0.15, -0.1) is 0 Å². The molecule has 0 heterocycles. The van der Waals surface area contributed by atoms with E-state index in [1.165, 1.54) is 12.8 Å². The van der Waals surface area contributed by atoms with Crippen LogP contribution in [-0.2, 0) is 15.9 Å². The lowest BCUT2D eigenvalue weighted by atomic mass is 9.99. The van der Waals surface area contributed by atoms with Crippen LogP contribution in [0.1, 0.15) is 100 Å². The van der Waals surface area contributed by atoms with Crippen LogP contribution in [-0.4, -0.2) is 23.1 Å². The Kier molecular flexibility index (Phi) is 7.86. The molecule has 0 aliphatic heterocycles. The van der Waals surface area contributed by atoms with Gasteiger partial charge in [0.15, 0.2) is 0 Å². The van der Waals surface area contributed by atoms with Gasteiger partial charge in [0, 0.05) is 0 Å². The third kappa shape index (κ3) is 8.03. The van der Waals surface area contributed by atoms with E-state index in [2.05, 4.69) is 6.92 Å². The van der Waals surface area contributed by atoms with E-state index < -0.39 is 23.1 Å². The van der Waals surface area contributed by atoms with Crippen LogP contribution in [0.15, 0.2) is 18.2 Å². The summed E-state index contributed by atoms with van der Waals surface area (Å²) in [5.41, 5.74) is 0.323. The lowest BCUT2D eigenvalue weighted by Gasteiger charge is -2.23. The maximum atomic E-state index is 12.6. The lowest BCUT2D eigenvalue weighted by molar-refractivity contribution is 0.00186. The number of rotatable bonds is 7. The predicted octanol–water partition coefficient (Wildman–Crippen LogP) is 5.72. The molecule has 4 nitrogen and oxygen atoms in total. The maximum absolute atomic E-state index is 12.6. The van der Waals surface area contributed by atoms with Crippen LogP contribution in [0.2, 0.25) is 0 Å². The zero-order valence-electron chi connectivity index (χ0n) is 17.4. The normalized spacial score (nSPS) is 12.0. The summed E-state index contributed by atoms with van der Waals surface area (Å²) in [6, 6.07) is 5.36. The first kappa shape index (κ1) is 22.2. The molecule has 0 fully saturated rings. The molecule has 26 heavy (non-hydrogen) atoms. The molecule has 1 rings (SSSR count). The fourth-order valence-electron chi connectivity index (χ4n) is 2.52. The van der Waals surface area contributed by atoms with Crippen molar-refractivity contribution in [3.63, 3.8) is 0 Å². The van der Waals surface area contributed by atoms with Crippen molar-refractivity contribution in [3.05, 3.63) is 34.9 Å². The van der Waals surface area contributed by atoms with Crippen molar-refractivity contribution in [2.75, 3.05) is 0 Å². The minimum Gasteiger partial charge on any atom is -0.456 e. The van der Waals surface area contributed by atoms with Gasteiger partial charge in [0.1, 0.15) is 11.2 Å². The molecule has 0 amide bonds. The summed E-state index contributed by atoms with van der Waals surface area (Å²) in [7, 11) is 0. The SMILES string of the molecule is CCCCCCc1ccc(C(=O)OC(C)(C)C)c(C(=O)OC(C)(C)C)c1. The second-order valence-electron chi connectivity index (χ2n) is 8.69. The van der Waals surface area contributed by atoms with Gasteiger partial charge >= 0.3 is 11.9 Å². The molecule has 0 saturated carbocycles. The van der Waals surface area contributed by atoms with Gasteiger partial charge in [-0.3, -0.25) is 0 Å². The number of ether oxygens (including phenoxy) is 2. The standard InChI is InChI=1S/C22H34O4/c1-8-9-10-11-12-16-13-14-17(19(23)25-21(2,3)4)18(15-16)20(24)26-22(5,6)7/h13-15H,8-12H2,1-7H3. The number of carbonyl (C=O) groups is 2. The minimum atomic E-state index is -0.626. The van der Waals surface area contributed by atoms with Gasteiger partial charge in [0.05, 0.1) is 11.1 Å². The number of unbranched alkanes of at least 4 members (excludes halogenated alkanes) is 3. The second-order valence-corrected chi connectivity index (χ2v) is 8.69. The Bertz CT molecular complexity index is 618. The number of carbonyl (C=O) groups excluding carboxylic acids is 2. The molecule has 0 saturated heterocycles. The van der Waals surface area contributed by atoms with Crippen LogP contribution in [0.3, 0.4) is 0 Å². The smallest absolute Gasteiger partial charge is 0.339 e. The van der Waals surface area contributed by atoms with E-state index in [0.717, 1.165) is 24.8 Å². The topological polar surface area (TPSA) is 52.6 Å². The molecule has 146 valence electrons. The summed E-state index contributed by atoms with van der Waals surface area (Å²) in [5, 5.41) is 0. The van der Waals surface area contributed by atoms with Crippen LogP contribution in [0.25, 0.3) is 0 Å². The Hall–Kier alpha value is -1.84. The van der Waals surface area contributed by atoms with Gasteiger partial charge in [-0.1, -0.05) is 32.3 Å². The molecule has 1 aromatic carbocycles. The highest BCUT2D eigenvalue weighted by Gasteiger charge is 2.26. The van der Waals surface area contributed by atoms with Crippen LogP contribution in [0.4, 0.5) is 0 Å². The van der Waals surface area contributed by atoms with Gasteiger partial charge in [-0.25, -0.2) is 9.59 Å². The Balaban J connectivity index is 3.11. The number of hydrogen-bond acceptors (Lipinski definition) is 4. The van der Waals surface area contributed by atoms with Crippen molar-refractivity contribution in [3.8, 4) is 0 Å². The minimum absolute atomic E-state index is 0.256. The fraction of sp³-hybridized carbons (Fsp3) is 0.636. The quantitative estimate of drug-likeness (QED) is 0.460. The first-order chi connectivity index (χ1) is 11.9. The zero-order valence-corrected chi connectivity index (χ0v) is 17.4. The molecule has 0 unspecified atom stereocenters. The molecule has 4 heteroatoms. The first-order valence-electron chi connectivity index (χ1n) is 9.52. The molecule has 1 aromatic rings. The monoisotopic (exact) mass is 362 g/mol. The summed E-state index contributed by atoms with van der Waals surface area (Å²) < 4.78 is 10.9. The Morgan fingerprint density at radius 3 is 1.85 bits per heavy atom. The Morgan fingerprint density at radius 2 is 1.35 bits per heavy atom. The van der Waals surface area contributed by atoms with Crippen molar-refractivity contribution >= 4 is 11.9 Å². The third-order valence-corrected chi connectivity index (χ3v) is 3.64. The summed E-state index contributed by atoms with van der Waals surface area (Å²) >= 11 is 0. The summed E-state index contributed by atoms with van der Waals surface area (Å²) in [6.07, 6.45) is 5.49. The van der Waals surface area contributed by atoms with E-state index in [4.69, 9.17) is 9.47 Å². The number of aryl methyl sites for hydroxylation is 1. The number of hydrogen-bond donors (Lipinski definition) is 0. The lowest BCUT2D eigenvalue weighted by Crippen LogP contribution is -2.28. The van der Waals surface area contributed by atoms with Gasteiger partial charge in [0.25, 0.3) is 0 Å². The van der Waals surface area contributed by atoms with Crippen molar-refractivity contribution < 1.29 is 19.1 Å². The molecule has 0 radical (unpaired) electrons. The molecular weight excluding hydrogens is 328 g/mol. The number of esters is 2. The number of benzene rings is 1. The van der Waals surface area contributed by atoms with Crippen molar-refractivity contribution in [1.82, 2.24) is 0 Å². The van der Waals surface area contributed by atoms with Crippen LogP contribution in [0, 0.1) is 0 Å². The summed E-state index contributed by atoms with van der Waals surface area (Å²) in [6.45, 7) is 13.0. The molecule has 0 aliphatic rings. The fourth-order valence-corrected chi connectivity index (χ4v) is 2.52. The molecule has 0 spiro atoms. The maximum Gasteiger partial charge on any atom is 0.339 e. The molecule has 0 N–H and O–H groups in total. The summed E-state index contributed by atoms with van der Waals surface area (Å²) in [5.74, 6) is -0.996. The molecule has 0 aliphatic carbocycles. The van der Waals surface area contributed by atoms with Crippen molar-refractivity contribution in [2.24, 2.45) is 0 Å². The Labute approximate surface area is 158 Å². The average molecular weight is 363 g/mol. The third-order valence-electron chi connectivity index (χ3n) is 3.64. The van der Waals surface area contributed by atoms with E-state index in [0.29, 0.717) is 0 Å². The highest BCUT2D eigenvalue weighted by molar-refractivity contribution is 6.03. The largest absolute Gasteiger partial charge is 0.456 e. The van der Waals surface area contributed by atoms with Crippen LogP contribution >= 0.6 is 0 Å². The van der Waals surface area contributed by atoms with E-state index in [-0.39, 0.29) is 11.1 Å². The van der Waals surface area contributed by atoms with Gasteiger partial charge < -0.3 is 9.47 Å². The van der Waals surface area contributed by atoms with E-state index in [9.17, 15) is 9.59 Å². The summed E-state index contributed by atoms with van der Waals surface area (Å²) in [4.78, 5) is 25.2. The van der Waals surface area contributed by atoms with E-state index in [1.807, 2.05) is 26.8 Å². The van der Waals surface area contributed by atoms with Gasteiger partial charge in [-0.05, 0) is 72.1 Å². The van der Waals surface area contributed by atoms with Crippen LogP contribution in [0.5, 0.6) is 0 Å². The van der Waals surface area contributed by atoms with Crippen LogP contribution < -0.4 is 0 Å².